The van der Waals surface area contributed by atoms with Crippen LogP contribution in [0.2, 0.25) is 0 Å². The minimum Gasteiger partial charge on any atom is -0.466 e. The van der Waals surface area contributed by atoms with Crippen molar-refractivity contribution in [2.75, 3.05) is 24.2 Å². The van der Waals surface area contributed by atoms with Crippen LogP contribution in [0.15, 0.2) is 39.9 Å². The fraction of sp³-hybridized carbons (Fsp3) is 0.478. The number of rotatable bonds is 7. The molecule has 1 aliphatic rings. The number of nitrogens with zero attached hydrogens (tertiary/aromatic N) is 6. The van der Waals surface area contributed by atoms with Gasteiger partial charge in [0.2, 0.25) is 4.96 Å². The van der Waals surface area contributed by atoms with E-state index in [1.54, 1.807) is 28.8 Å². The van der Waals surface area contributed by atoms with E-state index in [1.807, 2.05) is 6.20 Å². The smallest absolute Gasteiger partial charge is 0.324 e. The summed E-state index contributed by atoms with van der Waals surface area (Å²) < 4.78 is 36.7. The Bertz CT molecular complexity index is 1380. The average molecular weight is 517 g/mol. The number of hydrogen-bond acceptors (Lipinski definition) is 10. The molecule has 0 amide bonds. The van der Waals surface area contributed by atoms with Gasteiger partial charge in [0.05, 0.1) is 16.8 Å². The predicted octanol–water partition coefficient (Wildman–Crippen LogP) is 4.05. The van der Waals surface area contributed by atoms with Crippen LogP contribution in [-0.2, 0) is 9.84 Å². The van der Waals surface area contributed by atoms with E-state index in [9.17, 15) is 8.42 Å². The molecule has 4 heterocycles. The van der Waals surface area contributed by atoms with Crippen molar-refractivity contribution in [1.82, 2.24) is 24.7 Å². The second-order valence-corrected chi connectivity index (χ2v) is 12.2. The van der Waals surface area contributed by atoms with Crippen molar-refractivity contribution >= 4 is 32.1 Å². The number of hydrogen-bond donors (Lipinski definition) is 0. The maximum Gasteiger partial charge on any atom is 0.324 e. The van der Waals surface area contributed by atoms with E-state index in [2.05, 4.69) is 45.9 Å². The van der Waals surface area contributed by atoms with Crippen molar-refractivity contribution in [1.29, 1.82) is 0 Å². The lowest BCUT2D eigenvalue weighted by Gasteiger charge is -2.33. The number of anilines is 1. The Morgan fingerprint density at radius 1 is 1.11 bits per heavy atom. The molecule has 35 heavy (non-hydrogen) atoms. The van der Waals surface area contributed by atoms with Crippen molar-refractivity contribution in [2.45, 2.75) is 50.5 Å². The largest absolute Gasteiger partial charge is 0.466 e. The molecule has 1 fully saturated rings. The van der Waals surface area contributed by atoms with Gasteiger partial charge in [-0.15, -0.1) is 5.10 Å². The summed E-state index contributed by atoms with van der Waals surface area (Å²) in [6, 6.07) is 7.30. The van der Waals surface area contributed by atoms with Crippen molar-refractivity contribution in [2.24, 2.45) is 5.92 Å². The molecule has 0 unspecified atom stereocenters. The Labute approximate surface area is 207 Å². The molecule has 1 saturated heterocycles. The monoisotopic (exact) mass is 516 g/mol. The highest BCUT2D eigenvalue weighted by Crippen LogP contribution is 2.31. The van der Waals surface area contributed by atoms with E-state index in [0.29, 0.717) is 17.1 Å². The van der Waals surface area contributed by atoms with Crippen LogP contribution in [0.1, 0.15) is 45.4 Å². The van der Waals surface area contributed by atoms with Crippen LogP contribution in [0.3, 0.4) is 0 Å². The number of ether oxygens (including phenoxy) is 1. The number of imidazole rings is 1. The molecule has 10 nitrogen and oxygen atoms in total. The molecule has 5 rings (SSSR count). The van der Waals surface area contributed by atoms with Crippen LogP contribution < -0.4 is 9.64 Å². The van der Waals surface area contributed by atoms with E-state index in [4.69, 9.17) is 9.26 Å². The van der Waals surface area contributed by atoms with Crippen molar-refractivity contribution < 1.29 is 17.7 Å². The van der Waals surface area contributed by atoms with Crippen molar-refractivity contribution in [3.05, 3.63) is 36.3 Å². The highest BCUT2D eigenvalue weighted by atomic mass is 32.2. The number of benzene rings is 1. The molecule has 0 saturated carbocycles. The number of aromatic nitrogens is 5. The van der Waals surface area contributed by atoms with E-state index in [0.717, 1.165) is 48.0 Å². The molecule has 1 aromatic carbocycles. The summed E-state index contributed by atoms with van der Waals surface area (Å²) in [5, 5.41) is 9.19. The second kappa shape index (κ2) is 9.23. The molecule has 4 aromatic rings. The normalized spacial score (nSPS) is 16.3. The lowest BCUT2D eigenvalue weighted by molar-refractivity contribution is 0.130. The molecule has 0 N–H and O–H groups in total. The second-order valence-electron chi connectivity index (χ2n) is 9.26. The number of fused-ring (bicyclic) bond motifs is 1. The zero-order valence-electron chi connectivity index (χ0n) is 20.1. The topological polar surface area (TPSA) is 116 Å². The molecule has 1 atom stereocenters. The Morgan fingerprint density at radius 2 is 1.83 bits per heavy atom. The van der Waals surface area contributed by atoms with Crippen molar-refractivity contribution in [3.63, 3.8) is 0 Å². The van der Waals surface area contributed by atoms with Crippen LogP contribution in [0, 0.1) is 5.92 Å². The standard InChI is InChI=1S/C23H28N6O4S2/c1-14(2)20-25-21(33-27-20)28-11-9-16(10-12-28)15(3)32-23-26-29-13-19(24-22(29)34-23)17-5-7-18(8-6-17)35(4,30)31/h5-8,13-16H,9-12H2,1-4H3/t15-/m1/s1. The third kappa shape index (κ3) is 5.03. The predicted molar refractivity (Wildman–Crippen MR) is 133 cm³/mol. The Kier molecular flexibility index (Phi) is 6.26. The lowest BCUT2D eigenvalue weighted by Crippen LogP contribution is -2.38. The molecule has 0 bridgehead atoms. The van der Waals surface area contributed by atoms with Gasteiger partial charge in [-0.2, -0.15) is 4.98 Å². The average Bonchev–Trinajstić information content (AvgIpc) is 3.54. The summed E-state index contributed by atoms with van der Waals surface area (Å²) in [5.74, 6) is 1.38. The first kappa shape index (κ1) is 23.7. The molecule has 12 heteroatoms. The molecule has 1 aliphatic heterocycles. The van der Waals surface area contributed by atoms with Gasteiger partial charge in [0.15, 0.2) is 15.7 Å². The minimum atomic E-state index is -3.23. The zero-order valence-corrected chi connectivity index (χ0v) is 21.7. The van der Waals surface area contributed by atoms with Gasteiger partial charge in [0.1, 0.15) is 6.10 Å². The van der Waals surface area contributed by atoms with E-state index in [1.165, 1.54) is 17.6 Å². The Hall–Kier alpha value is -2.99. The van der Waals surface area contributed by atoms with Crippen molar-refractivity contribution in [3.8, 4) is 16.5 Å². The van der Waals surface area contributed by atoms with Gasteiger partial charge < -0.3 is 14.2 Å². The number of piperidine rings is 1. The molecule has 0 radical (unpaired) electrons. The molecule has 0 aliphatic carbocycles. The summed E-state index contributed by atoms with van der Waals surface area (Å²) in [5.41, 5.74) is 1.57. The fourth-order valence-electron chi connectivity index (χ4n) is 4.15. The van der Waals surface area contributed by atoms with E-state index >= 15 is 0 Å². The SMILES string of the molecule is CC(C)c1noc(N2CCC([C@@H](C)Oc3nn4cc(-c5ccc(S(C)(=O)=O)cc5)nc4s3)CC2)n1. The van der Waals surface area contributed by atoms with Gasteiger partial charge in [-0.05, 0) is 49.2 Å². The fourth-order valence-corrected chi connectivity index (χ4v) is 5.59. The Balaban J connectivity index is 1.19. The van der Waals surface area contributed by atoms with Gasteiger partial charge in [0.25, 0.3) is 5.19 Å². The molecular weight excluding hydrogens is 488 g/mol. The van der Waals surface area contributed by atoms with E-state index < -0.39 is 9.84 Å². The first-order valence-corrected chi connectivity index (χ1v) is 14.3. The van der Waals surface area contributed by atoms with Gasteiger partial charge in [-0.1, -0.05) is 31.1 Å². The lowest BCUT2D eigenvalue weighted by atomic mass is 9.92. The maximum absolute atomic E-state index is 11.7. The van der Waals surface area contributed by atoms with Crippen LogP contribution in [0.5, 0.6) is 5.19 Å². The maximum atomic E-state index is 11.7. The minimum absolute atomic E-state index is 0.0184. The highest BCUT2D eigenvalue weighted by Gasteiger charge is 2.28. The van der Waals surface area contributed by atoms with Gasteiger partial charge in [-0.3, -0.25) is 0 Å². The summed E-state index contributed by atoms with van der Waals surface area (Å²) in [6.45, 7) is 7.88. The first-order valence-electron chi connectivity index (χ1n) is 11.6. The van der Waals surface area contributed by atoms with Gasteiger partial charge in [-0.25, -0.2) is 17.9 Å². The van der Waals surface area contributed by atoms with E-state index in [-0.39, 0.29) is 16.9 Å². The molecule has 186 valence electrons. The van der Waals surface area contributed by atoms with Crippen LogP contribution >= 0.6 is 11.3 Å². The molecule has 0 spiro atoms. The quantitative estimate of drug-likeness (QED) is 0.359. The molecule has 3 aromatic heterocycles. The summed E-state index contributed by atoms with van der Waals surface area (Å²) in [4.78, 5) is 12.3. The zero-order chi connectivity index (χ0) is 24.7. The number of sulfone groups is 1. The van der Waals surface area contributed by atoms with Crippen LogP contribution in [0.25, 0.3) is 16.2 Å². The third-order valence-electron chi connectivity index (χ3n) is 6.31. The van der Waals surface area contributed by atoms with Crippen LogP contribution in [0.4, 0.5) is 6.01 Å². The third-order valence-corrected chi connectivity index (χ3v) is 8.25. The summed E-state index contributed by atoms with van der Waals surface area (Å²) in [6.07, 6.45) is 4.98. The summed E-state index contributed by atoms with van der Waals surface area (Å²) in [7, 11) is -3.23. The summed E-state index contributed by atoms with van der Waals surface area (Å²) >= 11 is 1.39. The first-order chi connectivity index (χ1) is 16.7. The van der Waals surface area contributed by atoms with Gasteiger partial charge >= 0.3 is 6.01 Å². The molecular formula is C23H28N6O4S2. The Morgan fingerprint density at radius 3 is 2.43 bits per heavy atom. The van der Waals surface area contributed by atoms with Crippen LogP contribution in [-0.4, -0.2) is 58.6 Å². The highest BCUT2D eigenvalue weighted by molar-refractivity contribution is 7.90. The van der Waals surface area contributed by atoms with Gasteiger partial charge in [0, 0.05) is 30.8 Å².